The molecular formula is C32H29N3O3. The van der Waals surface area contributed by atoms with Crippen LogP contribution in [0.15, 0.2) is 114 Å². The predicted molar refractivity (Wildman–Crippen MR) is 148 cm³/mol. The predicted octanol–water partition coefficient (Wildman–Crippen LogP) is 5.27. The van der Waals surface area contributed by atoms with Gasteiger partial charge in [0.25, 0.3) is 5.91 Å². The van der Waals surface area contributed by atoms with Gasteiger partial charge in [-0.2, -0.15) is 0 Å². The number of aliphatic hydroxyl groups is 1. The lowest BCUT2D eigenvalue weighted by Gasteiger charge is -2.30. The Morgan fingerprint density at radius 2 is 1.71 bits per heavy atom. The fraction of sp³-hybridized carbons (Fsp3) is 0.188. The normalized spacial score (nSPS) is 20.1. The molecule has 190 valence electrons. The molecule has 6 heteroatoms. The zero-order valence-corrected chi connectivity index (χ0v) is 20.9. The number of aliphatic hydroxyl groups excluding tert-OH is 1. The highest BCUT2D eigenvalue weighted by Crippen LogP contribution is 2.34. The lowest BCUT2D eigenvalue weighted by molar-refractivity contribution is 0.0965. The second kappa shape index (κ2) is 10.1. The highest BCUT2D eigenvalue weighted by Gasteiger charge is 2.32. The number of ketones is 1. The van der Waals surface area contributed by atoms with E-state index in [1.165, 1.54) is 0 Å². The maximum absolute atomic E-state index is 13.5. The Kier molecular flexibility index (Phi) is 6.40. The van der Waals surface area contributed by atoms with Crippen molar-refractivity contribution < 1.29 is 14.7 Å². The number of carbonyl (C=O) groups excluding carboxylic acids is 2. The number of nitrogens with zero attached hydrogens (tertiary/aromatic N) is 1. The van der Waals surface area contributed by atoms with Gasteiger partial charge in [0.05, 0.1) is 6.10 Å². The van der Waals surface area contributed by atoms with Gasteiger partial charge in [0.2, 0.25) is 0 Å². The minimum absolute atomic E-state index is 0.0371. The smallest absolute Gasteiger partial charge is 0.256 e. The molecular weight excluding hydrogens is 474 g/mol. The van der Waals surface area contributed by atoms with Gasteiger partial charge in [0.15, 0.2) is 5.78 Å². The van der Waals surface area contributed by atoms with Gasteiger partial charge in [-0.15, -0.1) is 0 Å². The van der Waals surface area contributed by atoms with Gasteiger partial charge in [-0.25, -0.2) is 0 Å². The average molecular weight is 504 g/mol. The van der Waals surface area contributed by atoms with E-state index >= 15 is 0 Å². The third-order valence-electron chi connectivity index (χ3n) is 7.35. The van der Waals surface area contributed by atoms with Crippen LogP contribution in [0.3, 0.4) is 0 Å². The van der Waals surface area contributed by atoms with Gasteiger partial charge in [-0.1, -0.05) is 54.6 Å². The summed E-state index contributed by atoms with van der Waals surface area (Å²) in [6.07, 6.45) is 7.71. The topological polar surface area (TPSA) is 81.7 Å². The Labute approximate surface area is 222 Å². The first-order chi connectivity index (χ1) is 18.6. The van der Waals surface area contributed by atoms with Gasteiger partial charge in [-0.3, -0.25) is 9.59 Å². The molecule has 3 N–H and O–H groups in total. The van der Waals surface area contributed by atoms with Crippen molar-refractivity contribution in [2.45, 2.75) is 31.4 Å². The summed E-state index contributed by atoms with van der Waals surface area (Å²) in [5.41, 5.74) is 6.70. The molecule has 3 aromatic carbocycles. The summed E-state index contributed by atoms with van der Waals surface area (Å²) in [5.74, 6) is -0.240. The standard InChI is InChI=1S/C32H29N3O3/c36-25-16-17-28-30(20-25)35-18-6-9-24(35)19-29(34-28)31(37)22-12-14-23(15-13-22)33-32(38)27-11-5-4-10-26(27)21-7-2-1-3-8-21/h1-15,19,25,29,34,36H,16-18,20H2,(H,33,38). The van der Waals surface area contributed by atoms with Gasteiger partial charge in [-0.05, 0) is 66.5 Å². The van der Waals surface area contributed by atoms with Crippen LogP contribution in [-0.4, -0.2) is 40.4 Å². The van der Waals surface area contributed by atoms with Crippen LogP contribution in [0.2, 0.25) is 0 Å². The molecule has 6 rings (SSSR count). The van der Waals surface area contributed by atoms with Crippen LogP contribution in [0, 0.1) is 0 Å². The Bertz CT molecular complexity index is 1470. The first kappa shape index (κ1) is 23.9. The Morgan fingerprint density at radius 3 is 2.53 bits per heavy atom. The lowest BCUT2D eigenvalue weighted by atomic mass is 9.96. The van der Waals surface area contributed by atoms with Gasteiger partial charge in [0.1, 0.15) is 6.04 Å². The number of fused-ring (bicyclic) bond motifs is 2. The average Bonchev–Trinajstić information content (AvgIpc) is 3.36. The Balaban J connectivity index is 1.20. The molecule has 3 aliphatic rings. The number of hydrogen-bond donors (Lipinski definition) is 3. The molecule has 0 bridgehead atoms. The molecule has 0 saturated heterocycles. The van der Waals surface area contributed by atoms with E-state index in [0.29, 0.717) is 36.1 Å². The van der Waals surface area contributed by atoms with Crippen molar-refractivity contribution in [2.75, 3.05) is 11.9 Å². The van der Waals surface area contributed by atoms with Crippen LogP contribution in [0.4, 0.5) is 5.69 Å². The number of nitrogens with one attached hydrogen (secondary N) is 2. The summed E-state index contributed by atoms with van der Waals surface area (Å²) < 4.78 is 0. The maximum atomic E-state index is 13.5. The summed E-state index contributed by atoms with van der Waals surface area (Å²) in [4.78, 5) is 28.9. The molecule has 0 saturated carbocycles. The quantitative estimate of drug-likeness (QED) is 0.413. The van der Waals surface area contributed by atoms with E-state index in [4.69, 9.17) is 0 Å². The van der Waals surface area contributed by atoms with Gasteiger partial charge >= 0.3 is 0 Å². The van der Waals surface area contributed by atoms with Crippen molar-refractivity contribution in [3.63, 3.8) is 0 Å². The van der Waals surface area contributed by atoms with Gasteiger partial charge < -0.3 is 20.6 Å². The number of allylic oxidation sites excluding steroid dienone is 2. The monoisotopic (exact) mass is 503 g/mol. The molecule has 0 fully saturated rings. The highest BCUT2D eigenvalue weighted by atomic mass is 16.3. The number of benzene rings is 3. The number of Topliss-reactive ketones (excluding diaryl/α,β-unsaturated/α-hetero) is 1. The minimum Gasteiger partial charge on any atom is -0.393 e. The van der Waals surface area contributed by atoms with Crippen LogP contribution < -0.4 is 10.6 Å². The van der Waals surface area contributed by atoms with E-state index in [-0.39, 0.29) is 17.8 Å². The fourth-order valence-corrected chi connectivity index (χ4v) is 5.41. The second-order valence-corrected chi connectivity index (χ2v) is 9.86. The zero-order chi connectivity index (χ0) is 26.1. The summed E-state index contributed by atoms with van der Waals surface area (Å²) in [5, 5.41) is 16.6. The molecule has 1 aliphatic carbocycles. The molecule has 2 unspecified atom stereocenters. The van der Waals surface area contributed by atoms with Gasteiger partial charge in [0, 0.05) is 46.9 Å². The van der Waals surface area contributed by atoms with E-state index in [0.717, 1.165) is 34.8 Å². The molecule has 3 aromatic rings. The van der Waals surface area contributed by atoms with Crippen molar-refractivity contribution in [3.8, 4) is 11.1 Å². The third-order valence-corrected chi connectivity index (χ3v) is 7.35. The van der Waals surface area contributed by atoms with E-state index in [2.05, 4.69) is 21.6 Å². The van der Waals surface area contributed by atoms with Crippen molar-refractivity contribution in [1.29, 1.82) is 0 Å². The fourth-order valence-electron chi connectivity index (χ4n) is 5.41. The van der Waals surface area contributed by atoms with E-state index < -0.39 is 6.04 Å². The molecule has 0 spiro atoms. The summed E-state index contributed by atoms with van der Waals surface area (Å²) in [6.45, 7) is 0.752. The molecule has 1 amide bonds. The van der Waals surface area contributed by atoms with Crippen molar-refractivity contribution in [1.82, 2.24) is 10.2 Å². The number of amides is 1. The van der Waals surface area contributed by atoms with Crippen molar-refractivity contribution >= 4 is 17.4 Å². The van der Waals surface area contributed by atoms with E-state index in [1.54, 1.807) is 24.3 Å². The van der Waals surface area contributed by atoms with Crippen molar-refractivity contribution in [3.05, 3.63) is 125 Å². The number of hydrogen-bond acceptors (Lipinski definition) is 5. The Morgan fingerprint density at radius 1 is 0.947 bits per heavy atom. The highest BCUT2D eigenvalue weighted by molar-refractivity contribution is 6.09. The summed E-state index contributed by atoms with van der Waals surface area (Å²) in [6, 6.07) is 23.9. The zero-order valence-electron chi connectivity index (χ0n) is 20.9. The lowest BCUT2D eigenvalue weighted by Crippen LogP contribution is -2.36. The molecule has 2 heterocycles. The van der Waals surface area contributed by atoms with E-state index in [1.807, 2.05) is 66.7 Å². The molecule has 0 aromatic heterocycles. The SMILES string of the molecule is O=C(Nc1ccc(C(=O)C2C=C3C=CCN3C3=C(CCC(O)C3)N2)cc1)c1ccccc1-c1ccccc1. The molecule has 2 aliphatic heterocycles. The maximum Gasteiger partial charge on any atom is 0.256 e. The van der Waals surface area contributed by atoms with E-state index in [9.17, 15) is 14.7 Å². The van der Waals surface area contributed by atoms with Crippen LogP contribution in [0.5, 0.6) is 0 Å². The minimum atomic E-state index is -0.504. The Hall–Kier alpha value is -4.42. The molecule has 0 radical (unpaired) electrons. The molecule has 6 nitrogen and oxygen atoms in total. The van der Waals surface area contributed by atoms with Crippen LogP contribution in [0.25, 0.3) is 11.1 Å². The summed E-state index contributed by atoms with van der Waals surface area (Å²) >= 11 is 0. The molecule has 38 heavy (non-hydrogen) atoms. The van der Waals surface area contributed by atoms with Crippen LogP contribution in [-0.2, 0) is 0 Å². The number of anilines is 1. The number of carbonyl (C=O) groups is 2. The first-order valence-electron chi connectivity index (χ1n) is 13.0. The molecule has 2 atom stereocenters. The second-order valence-electron chi connectivity index (χ2n) is 9.86. The first-order valence-corrected chi connectivity index (χ1v) is 13.0. The van der Waals surface area contributed by atoms with Crippen molar-refractivity contribution in [2.24, 2.45) is 0 Å². The van der Waals surface area contributed by atoms with Crippen LogP contribution in [0.1, 0.15) is 40.0 Å². The largest absolute Gasteiger partial charge is 0.393 e. The van der Waals surface area contributed by atoms with Crippen LogP contribution >= 0.6 is 0 Å². The number of rotatable bonds is 5. The summed E-state index contributed by atoms with van der Waals surface area (Å²) in [7, 11) is 0. The third kappa shape index (κ3) is 4.66.